The van der Waals surface area contributed by atoms with Crippen molar-refractivity contribution in [3.05, 3.63) is 78.4 Å². The molecule has 0 N–H and O–H groups in total. The van der Waals surface area contributed by atoms with E-state index in [0.29, 0.717) is 11.3 Å². The smallest absolute Gasteiger partial charge is 0.136 e. The number of fused-ring (bicyclic) bond motifs is 6. The lowest BCUT2D eigenvalue weighted by Gasteiger charge is -2.58. The van der Waals surface area contributed by atoms with E-state index >= 15 is 0 Å². The number of methoxy groups -OCH3 is 1. The summed E-state index contributed by atoms with van der Waals surface area (Å²) in [4.78, 5) is 6.39. The molecule has 4 aromatic carbocycles. The molecule has 1 aliphatic heterocycles. The van der Waals surface area contributed by atoms with Gasteiger partial charge in [-0.3, -0.25) is 0 Å². The summed E-state index contributed by atoms with van der Waals surface area (Å²) in [5.74, 6) is 5.01. The minimum atomic E-state index is 0.189. The molecule has 0 bridgehead atoms. The first-order valence-corrected chi connectivity index (χ1v) is 14.9. The molecular formula is C36H37NO2. The van der Waals surface area contributed by atoms with Gasteiger partial charge in [0.2, 0.25) is 0 Å². The molecule has 4 aromatic rings. The molecule has 3 saturated carbocycles. The van der Waals surface area contributed by atoms with Gasteiger partial charge >= 0.3 is 0 Å². The number of hydrogen-bond acceptors (Lipinski definition) is 3. The SMILES string of the molecule is COc1ccc2ccccc2c1-c1c(C2=NO[C@@H]([C@H]3CC[C@@]4(C)[C@@H]3[C@@H]3[C@H](C)CC[C@@H]34)C2)ccc2ccccc12. The molecule has 7 atom stereocenters. The van der Waals surface area contributed by atoms with Gasteiger partial charge < -0.3 is 9.57 Å². The van der Waals surface area contributed by atoms with Crippen molar-refractivity contribution < 1.29 is 9.57 Å². The summed E-state index contributed by atoms with van der Waals surface area (Å²) in [6.45, 7) is 5.08. The maximum absolute atomic E-state index is 6.39. The highest BCUT2D eigenvalue weighted by Crippen LogP contribution is 2.73. The van der Waals surface area contributed by atoms with Crippen molar-refractivity contribution in [2.24, 2.45) is 40.2 Å². The Kier molecular flexibility index (Phi) is 5.18. The van der Waals surface area contributed by atoms with E-state index in [-0.39, 0.29) is 6.10 Å². The monoisotopic (exact) mass is 515 g/mol. The number of ether oxygens (including phenoxy) is 1. The van der Waals surface area contributed by atoms with E-state index < -0.39 is 0 Å². The van der Waals surface area contributed by atoms with Crippen LogP contribution >= 0.6 is 0 Å². The van der Waals surface area contributed by atoms with Crippen LogP contribution in [-0.2, 0) is 4.84 Å². The highest BCUT2D eigenvalue weighted by Gasteiger charge is 2.68. The molecule has 4 aliphatic rings. The fourth-order valence-electron chi connectivity index (χ4n) is 9.61. The Labute approximate surface area is 231 Å². The topological polar surface area (TPSA) is 30.8 Å². The summed E-state index contributed by atoms with van der Waals surface area (Å²) in [5.41, 5.74) is 5.13. The Bertz CT molecular complexity index is 1640. The van der Waals surface area contributed by atoms with E-state index in [1.54, 1.807) is 7.11 Å². The minimum Gasteiger partial charge on any atom is -0.496 e. The fourth-order valence-corrected chi connectivity index (χ4v) is 9.61. The molecular weight excluding hydrogens is 478 g/mol. The Balaban J connectivity index is 1.22. The van der Waals surface area contributed by atoms with Gasteiger partial charge in [0.25, 0.3) is 0 Å². The van der Waals surface area contributed by atoms with Crippen molar-refractivity contribution in [3.63, 3.8) is 0 Å². The van der Waals surface area contributed by atoms with Crippen molar-refractivity contribution in [2.45, 2.75) is 52.1 Å². The average molecular weight is 516 g/mol. The lowest BCUT2D eigenvalue weighted by molar-refractivity contribution is -0.123. The minimum absolute atomic E-state index is 0.189. The van der Waals surface area contributed by atoms with Crippen molar-refractivity contribution in [3.8, 4) is 16.9 Å². The van der Waals surface area contributed by atoms with Crippen molar-refractivity contribution in [1.82, 2.24) is 0 Å². The van der Waals surface area contributed by atoms with Gasteiger partial charge in [0.15, 0.2) is 0 Å². The molecule has 0 radical (unpaired) electrons. The Morgan fingerprint density at radius 3 is 2.33 bits per heavy atom. The largest absolute Gasteiger partial charge is 0.496 e. The molecule has 3 fully saturated rings. The summed E-state index contributed by atoms with van der Waals surface area (Å²) in [7, 11) is 1.78. The van der Waals surface area contributed by atoms with Crippen LogP contribution in [0.3, 0.4) is 0 Å². The van der Waals surface area contributed by atoms with E-state index in [4.69, 9.17) is 14.7 Å². The van der Waals surface area contributed by atoms with Crippen LogP contribution < -0.4 is 4.74 Å². The summed E-state index contributed by atoms with van der Waals surface area (Å²) < 4.78 is 6.00. The lowest BCUT2D eigenvalue weighted by atomic mass is 9.47. The van der Waals surface area contributed by atoms with Crippen LogP contribution in [0.15, 0.2) is 78.0 Å². The Hall–Kier alpha value is -3.33. The summed E-state index contributed by atoms with van der Waals surface area (Å²) in [6, 6.07) is 26.1. The summed E-state index contributed by atoms with van der Waals surface area (Å²) in [6.07, 6.45) is 6.58. The van der Waals surface area contributed by atoms with Crippen molar-refractivity contribution in [2.75, 3.05) is 7.11 Å². The maximum Gasteiger partial charge on any atom is 0.136 e. The van der Waals surface area contributed by atoms with Crippen LogP contribution in [0, 0.1) is 35.0 Å². The van der Waals surface area contributed by atoms with Gasteiger partial charge in [0.1, 0.15) is 11.9 Å². The molecule has 3 heteroatoms. The Morgan fingerprint density at radius 1 is 0.846 bits per heavy atom. The third-order valence-electron chi connectivity index (χ3n) is 11.3. The van der Waals surface area contributed by atoms with Gasteiger partial charge in [-0.05, 0) is 76.0 Å². The van der Waals surface area contributed by atoms with Crippen molar-refractivity contribution >= 4 is 27.3 Å². The molecule has 0 spiro atoms. The van der Waals surface area contributed by atoms with Gasteiger partial charge in [0.05, 0.1) is 12.8 Å². The van der Waals surface area contributed by atoms with Gasteiger partial charge in [0, 0.05) is 29.0 Å². The molecule has 0 aromatic heterocycles. The quantitative estimate of drug-likeness (QED) is 0.272. The zero-order valence-electron chi connectivity index (χ0n) is 23.2. The number of rotatable bonds is 4. The molecule has 3 aliphatic carbocycles. The third kappa shape index (κ3) is 3.25. The second-order valence-corrected chi connectivity index (χ2v) is 12.9. The zero-order valence-corrected chi connectivity index (χ0v) is 23.2. The third-order valence-corrected chi connectivity index (χ3v) is 11.3. The van der Waals surface area contributed by atoms with E-state index in [0.717, 1.165) is 47.1 Å². The maximum atomic E-state index is 6.39. The second-order valence-electron chi connectivity index (χ2n) is 12.9. The fraction of sp³-hybridized carbons (Fsp3) is 0.417. The molecule has 0 amide bonds. The van der Waals surface area contributed by atoms with Crippen LogP contribution in [0.25, 0.3) is 32.7 Å². The molecule has 0 unspecified atom stereocenters. The molecule has 39 heavy (non-hydrogen) atoms. The highest BCUT2D eigenvalue weighted by atomic mass is 16.6. The summed E-state index contributed by atoms with van der Waals surface area (Å²) in [5, 5.41) is 9.72. The number of oxime groups is 1. The molecule has 198 valence electrons. The van der Waals surface area contributed by atoms with E-state index in [1.165, 1.54) is 58.4 Å². The first kappa shape index (κ1) is 23.5. The lowest BCUT2D eigenvalue weighted by Crippen LogP contribution is -2.54. The van der Waals surface area contributed by atoms with E-state index in [2.05, 4.69) is 86.6 Å². The van der Waals surface area contributed by atoms with Crippen LogP contribution in [0.4, 0.5) is 0 Å². The predicted octanol–water partition coefficient (Wildman–Crippen LogP) is 8.87. The molecule has 3 nitrogen and oxygen atoms in total. The van der Waals surface area contributed by atoms with Crippen LogP contribution in [0.5, 0.6) is 5.75 Å². The molecule has 0 saturated heterocycles. The summed E-state index contributed by atoms with van der Waals surface area (Å²) >= 11 is 0. The number of nitrogens with zero attached hydrogens (tertiary/aromatic N) is 1. The van der Waals surface area contributed by atoms with Crippen molar-refractivity contribution in [1.29, 1.82) is 0 Å². The van der Waals surface area contributed by atoms with Gasteiger partial charge in [-0.15, -0.1) is 0 Å². The van der Waals surface area contributed by atoms with E-state index in [1.807, 2.05) is 0 Å². The first-order valence-electron chi connectivity index (χ1n) is 14.9. The van der Waals surface area contributed by atoms with Crippen LogP contribution in [0.2, 0.25) is 0 Å². The number of benzene rings is 4. The van der Waals surface area contributed by atoms with Gasteiger partial charge in [-0.1, -0.05) is 92.2 Å². The Morgan fingerprint density at radius 2 is 1.56 bits per heavy atom. The normalized spacial score (nSPS) is 32.9. The van der Waals surface area contributed by atoms with Gasteiger partial charge in [-0.25, -0.2) is 0 Å². The standard InChI is InChI=1S/C36H37NO2/c1-21-12-16-28-32(21)35-27(18-19-36(28,35)2)31-20-29(37-39-31)26-15-13-22-8-4-6-10-24(22)33(26)34-25-11-7-5-9-23(25)14-17-30(34)38-3/h4-11,13-15,17,21,27-28,31-32,35H,12,16,18-20H2,1-3H3/t21-,27-,28+,31-,32-,35+,36-/m1/s1. The van der Waals surface area contributed by atoms with E-state index in [9.17, 15) is 0 Å². The average Bonchev–Trinajstić information content (AvgIpc) is 3.66. The number of hydrogen-bond donors (Lipinski definition) is 0. The first-order chi connectivity index (χ1) is 19.1. The molecule has 1 heterocycles. The van der Waals surface area contributed by atoms with Crippen LogP contribution in [0.1, 0.15) is 51.5 Å². The molecule has 8 rings (SSSR count). The van der Waals surface area contributed by atoms with Gasteiger partial charge in [-0.2, -0.15) is 0 Å². The van der Waals surface area contributed by atoms with Crippen LogP contribution in [-0.4, -0.2) is 18.9 Å². The highest BCUT2D eigenvalue weighted by molar-refractivity contribution is 6.17. The second kappa shape index (κ2) is 8.58. The predicted molar refractivity (Wildman–Crippen MR) is 159 cm³/mol. The zero-order chi connectivity index (χ0) is 26.3.